The Morgan fingerprint density at radius 2 is 2.22 bits per heavy atom. The van der Waals surface area contributed by atoms with Crippen LogP contribution in [0.1, 0.15) is 33.6 Å². The van der Waals surface area contributed by atoms with Gasteiger partial charge in [0.15, 0.2) is 0 Å². The fraction of sp³-hybridized carbons (Fsp3) is 0.647. The summed E-state index contributed by atoms with van der Waals surface area (Å²) in [5.41, 5.74) is -0.443. The minimum atomic E-state index is -0.443. The second-order valence-electron chi connectivity index (χ2n) is 7.13. The molecule has 1 aliphatic heterocycles. The number of piperidine rings is 1. The van der Waals surface area contributed by atoms with Gasteiger partial charge in [-0.25, -0.2) is 9.78 Å². The van der Waals surface area contributed by atoms with Crippen LogP contribution in [-0.4, -0.2) is 48.3 Å². The van der Waals surface area contributed by atoms with Crippen molar-refractivity contribution in [2.24, 2.45) is 5.92 Å². The molecule has 1 aromatic heterocycles. The Balaban J connectivity index is 1.92. The zero-order chi connectivity index (χ0) is 17.0. The van der Waals surface area contributed by atoms with Gasteiger partial charge in [0.05, 0.1) is 0 Å². The second kappa shape index (κ2) is 7.51. The SMILES string of the molecule is CN(C[C@H]1CCCN(C(=O)OC(C)(C)C)C1)c1cccc(Br)n1. The van der Waals surface area contributed by atoms with Crippen molar-refractivity contribution in [2.45, 2.75) is 39.2 Å². The number of carbonyl (C=O) groups is 1. The Bertz CT molecular complexity index is 545. The molecule has 0 bridgehead atoms. The van der Waals surface area contributed by atoms with Crippen LogP contribution in [0.15, 0.2) is 22.8 Å². The zero-order valence-corrected chi connectivity index (χ0v) is 16.0. The molecule has 0 saturated carbocycles. The number of nitrogens with zero attached hydrogens (tertiary/aromatic N) is 3. The molecule has 0 radical (unpaired) electrons. The van der Waals surface area contributed by atoms with Crippen LogP contribution in [0.2, 0.25) is 0 Å². The molecule has 5 nitrogen and oxygen atoms in total. The maximum Gasteiger partial charge on any atom is 0.410 e. The van der Waals surface area contributed by atoms with Gasteiger partial charge in [-0.15, -0.1) is 0 Å². The molecule has 6 heteroatoms. The highest BCUT2D eigenvalue weighted by molar-refractivity contribution is 9.10. The first-order valence-electron chi connectivity index (χ1n) is 8.06. The number of aromatic nitrogens is 1. The smallest absolute Gasteiger partial charge is 0.410 e. The number of likely N-dealkylation sites (tertiary alicyclic amines) is 1. The number of anilines is 1. The van der Waals surface area contributed by atoms with Crippen molar-refractivity contribution in [3.63, 3.8) is 0 Å². The second-order valence-corrected chi connectivity index (χ2v) is 7.95. The van der Waals surface area contributed by atoms with Crippen molar-refractivity contribution < 1.29 is 9.53 Å². The number of hydrogen-bond donors (Lipinski definition) is 0. The summed E-state index contributed by atoms with van der Waals surface area (Å²) < 4.78 is 6.32. The van der Waals surface area contributed by atoms with Gasteiger partial charge in [-0.05, 0) is 67.6 Å². The minimum Gasteiger partial charge on any atom is -0.444 e. The molecular formula is C17H26BrN3O2. The van der Waals surface area contributed by atoms with Gasteiger partial charge in [0.25, 0.3) is 0 Å². The van der Waals surface area contributed by atoms with E-state index in [-0.39, 0.29) is 6.09 Å². The first-order valence-corrected chi connectivity index (χ1v) is 8.85. The molecule has 2 rings (SSSR count). The van der Waals surface area contributed by atoms with Crippen molar-refractivity contribution in [3.8, 4) is 0 Å². The van der Waals surface area contributed by atoms with E-state index in [0.717, 1.165) is 42.9 Å². The standard InChI is InChI=1S/C17H26BrN3O2/c1-17(2,3)23-16(22)21-10-6-7-13(12-21)11-20(4)15-9-5-8-14(18)19-15/h5,8-9,13H,6-7,10-12H2,1-4H3/t13-/m1/s1. The molecule has 0 spiro atoms. The molecule has 1 amide bonds. The highest BCUT2D eigenvalue weighted by Crippen LogP contribution is 2.22. The van der Waals surface area contributed by atoms with Crippen LogP contribution < -0.4 is 4.90 Å². The van der Waals surface area contributed by atoms with Crippen molar-refractivity contribution in [1.82, 2.24) is 9.88 Å². The third kappa shape index (κ3) is 5.68. The van der Waals surface area contributed by atoms with Crippen LogP contribution >= 0.6 is 15.9 Å². The Morgan fingerprint density at radius 1 is 1.48 bits per heavy atom. The van der Waals surface area contributed by atoms with Crippen molar-refractivity contribution in [2.75, 3.05) is 31.6 Å². The molecule has 23 heavy (non-hydrogen) atoms. The molecule has 0 aromatic carbocycles. The Kier molecular flexibility index (Phi) is 5.89. The van der Waals surface area contributed by atoms with Crippen molar-refractivity contribution in [3.05, 3.63) is 22.8 Å². The number of rotatable bonds is 3. The molecule has 128 valence electrons. The van der Waals surface area contributed by atoms with Crippen LogP contribution in [0.4, 0.5) is 10.6 Å². The third-order valence-corrected chi connectivity index (χ3v) is 4.24. The monoisotopic (exact) mass is 383 g/mol. The lowest BCUT2D eigenvalue weighted by molar-refractivity contribution is 0.0170. The first kappa shape index (κ1) is 18.0. The van der Waals surface area contributed by atoms with E-state index in [0.29, 0.717) is 5.92 Å². The molecule has 1 atom stereocenters. The third-order valence-electron chi connectivity index (χ3n) is 3.79. The van der Waals surface area contributed by atoms with Gasteiger partial charge in [-0.3, -0.25) is 0 Å². The Morgan fingerprint density at radius 3 is 2.87 bits per heavy atom. The summed E-state index contributed by atoms with van der Waals surface area (Å²) in [6.07, 6.45) is 1.94. The van der Waals surface area contributed by atoms with Gasteiger partial charge in [0.2, 0.25) is 0 Å². The van der Waals surface area contributed by atoms with Crippen LogP contribution in [0, 0.1) is 5.92 Å². The Hall–Kier alpha value is -1.30. The summed E-state index contributed by atoms with van der Waals surface area (Å²) >= 11 is 3.40. The number of halogens is 1. The van der Waals surface area contributed by atoms with Crippen LogP contribution in [0.25, 0.3) is 0 Å². The van der Waals surface area contributed by atoms with Gasteiger partial charge in [-0.2, -0.15) is 0 Å². The van der Waals surface area contributed by atoms with Crippen LogP contribution in [0.3, 0.4) is 0 Å². The predicted molar refractivity (Wildman–Crippen MR) is 95.7 cm³/mol. The average Bonchev–Trinajstić information content (AvgIpc) is 2.45. The van der Waals surface area contributed by atoms with E-state index in [9.17, 15) is 4.79 Å². The molecule has 0 N–H and O–H groups in total. The molecule has 1 aliphatic rings. The summed E-state index contributed by atoms with van der Waals surface area (Å²) in [5.74, 6) is 1.37. The summed E-state index contributed by atoms with van der Waals surface area (Å²) in [7, 11) is 2.04. The fourth-order valence-corrected chi connectivity index (χ4v) is 3.13. The van der Waals surface area contributed by atoms with Gasteiger partial charge >= 0.3 is 6.09 Å². The van der Waals surface area contributed by atoms with Crippen LogP contribution in [-0.2, 0) is 4.74 Å². The number of amides is 1. The van der Waals surface area contributed by atoms with E-state index in [4.69, 9.17) is 4.74 Å². The molecule has 1 saturated heterocycles. The van der Waals surface area contributed by atoms with Gasteiger partial charge in [0.1, 0.15) is 16.0 Å². The summed E-state index contributed by atoms with van der Waals surface area (Å²) in [5, 5.41) is 0. The topological polar surface area (TPSA) is 45.7 Å². The minimum absolute atomic E-state index is 0.203. The van der Waals surface area contributed by atoms with Crippen molar-refractivity contribution >= 4 is 27.8 Å². The summed E-state index contributed by atoms with van der Waals surface area (Å²) in [4.78, 5) is 20.7. The van der Waals surface area contributed by atoms with Gasteiger partial charge < -0.3 is 14.5 Å². The highest BCUT2D eigenvalue weighted by Gasteiger charge is 2.28. The average molecular weight is 384 g/mol. The quantitative estimate of drug-likeness (QED) is 0.741. The predicted octanol–water partition coefficient (Wildman–Crippen LogP) is 3.93. The van der Waals surface area contributed by atoms with Crippen LogP contribution in [0.5, 0.6) is 0 Å². The first-order chi connectivity index (χ1) is 10.7. The lowest BCUT2D eigenvalue weighted by atomic mass is 9.98. The molecule has 0 aliphatic carbocycles. The lowest BCUT2D eigenvalue weighted by Gasteiger charge is -2.35. The number of ether oxygens (including phenoxy) is 1. The highest BCUT2D eigenvalue weighted by atomic mass is 79.9. The zero-order valence-electron chi connectivity index (χ0n) is 14.4. The van der Waals surface area contributed by atoms with E-state index in [1.54, 1.807) is 0 Å². The number of hydrogen-bond acceptors (Lipinski definition) is 4. The molecule has 0 unspecified atom stereocenters. The van der Waals surface area contributed by atoms with E-state index >= 15 is 0 Å². The van der Waals surface area contributed by atoms with Crippen molar-refractivity contribution in [1.29, 1.82) is 0 Å². The number of carbonyl (C=O) groups excluding carboxylic acids is 1. The molecular weight excluding hydrogens is 358 g/mol. The van der Waals surface area contributed by atoms with Gasteiger partial charge in [-0.1, -0.05) is 6.07 Å². The van der Waals surface area contributed by atoms with E-state index < -0.39 is 5.60 Å². The fourth-order valence-electron chi connectivity index (χ4n) is 2.80. The lowest BCUT2D eigenvalue weighted by Crippen LogP contribution is -2.45. The summed E-state index contributed by atoms with van der Waals surface area (Å²) in [6, 6.07) is 5.90. The molecule has 2 heterocycles. The van der Waals surface area contributed by atoms with E-state index in [1.165, 1.54) is 0 Å². The summed E-state index contributed by atoms with van der Waals surface area (Å²) in [6.45, 7) is 8.11. The Labute approximate surface area is 147 Å². The molecule has 1 fully saturated rings. The largest absolute Gasteiger partial charge is 0.444 e. The van der Waals surface area contributed by atoms with E-state index in [1.807, 2.05) is 50.9 Å². The molecule has 1 aromatic rings. The maximum absolute atomic E-state index is 12.2. The maximum atomic E-state index is 12.2. The number of pyridine rings is 1. The van der Waals surface area contributed by atoms with Gasteiger partial charge in [0, 0.05) is 26.7 Å². The normalized spacial score (nSPS) is 18.7. The van der Waals surface area contributed by atoms with E-state index in [2.05, 4.69) is 25.8 Å².